The average molecular weight is 169 g/mol. The van der Waals surface area contributed by atoms with Crippen LogP contribution < -0.4 is 0 Å². The van der Waals surface area contributed by atoms with E-state index in [2.05, 4.69) is 10.1 Å². The van der Waals surface area contributed by atoms with E-state index in [1.807, 2.05) is 6.92 Å². The van der Waals surface area contributed by atoms with Gasteiger partial charge in [0.1, 0.15) is 5.15 Å². The van der Waals surface area contributed by atoms with Crippen molar-refractivity contribution in [2.75, 3.05) is 0 Å². The molecule has 2 heterocycles. The standard InChI is InChI=1S/C7H5ClN2O/c1-4-5-2-7(8)9-3-6(5)11-10-4/h2-3H,1H3. The Labute approximate surface area is 68.0 Å². The van der Waals surface area contributed by atoms with E-state index in [-0.39, 0.29) is 0 Å². The van der Waals surface area contributed by atoms with E-state index < -0.39 is 0 Å². The minimum Gasteiger partial charge on any atom is -0.354 e. The van der Waals surface area contributed by atoms with Crippen molar-refractivity contribution in [2.24, 2.45) is 0 Å². The van der Waals surface area contributed by atoms with E-state index in [0.29, 0.717) is 10.7 Å². The summed E-state index contributed by atoms with van der Waals surface area (Å²) in [6.07, 6.45) is 1.57. The largest absolute Gasteiger partial charge is 0.354 e. The lowest BCUT2D eigenvalue weighted by molar-refractivity contribution is 0.449. The fraction of sp³-hybridized carbons (Fsp3) is 0.143. The van der Waals surface area contributed by atoms with Crippen molar-refractivity contribution < 1.29 is 4.52 Å². The molecule has 0 aliphatic heterocycles. The van der Waals surface area contributed by atoms with Crippen LogP contribution in [-0.2, 0) is 0 Å². The summed E-state index contributed by atoms with van der Waals surface area (Å²) in [5.41, 5.74) is 1.51. The number of fused-ring (bicyclic) bond motifs is 1. The van der Waals surface area contributed by atoms with E-state index >= 15 is 0 Å². The molecule has 0 saturated heterocycles. The molecule has 0 radical (unpaired) electrons. The molecule has 3 nitrogen and oxygen atoms in total. The number of rotatable bonds is 0. The van der Waals surface area contributed by atoms with Gasteiger partial charge in [-0.05, 0) is 13.0 Å². The van der Waals surface area contributed by atoms with Gasteiger partial charge in [0, 0.05) is 5.39 Å². The molecule has 4 heteroatoms. The minimum absolute atomic E-state index is 0.462. The predicted molar refractivity (Wildman–Crippen MR) is 41.6 cm³/mol. The predicted octanol–water partition coefficient (Wildman–Crippen LogP) is 2.18. The first-order valence-electron chi connectivity index (χ1n) is 3.15. The van der Waals surface area contributed by atoms with Gasteiger partial charge in [-0.2, -0.15) is 0 Å². The molecule has 2 aromatic heterocycles. The van der Waals surface area contributed by atoms with Gasteiger partial charge in [0.15, 0.2) is 5.58 Å². The summed E-state index contributed by atoms with van der Waals surface area (Å²) >= 11 is 5.67. The molecule has 0 aromatic carbocycles. The highest BCUT2D eigenvalue weighted by Gasteiger charge is 2.03. The first-order chi connectivity index (χ1) is 5.27. The quantitative estimate of drug-likeness (QED) is 0.566. The second kappa shape index (κ2) is 2.20. The lowest BCUT2D eigenvalue weighted by atomic mass is 10.3. The van der Waals surface area contributed by atoms with Crippen LogP contribution in [-0.4, -0.2) is 10.1 Å². The van der Waals surface area contributed by atoms with Crippen LogP contribution in [0.15, 0.2) is 16.8 Å². The van der Waals surface area contributed by atoms with Crippen LogP contribution in [0.2, 0.25) is 5.15 Å². The Balaban J connectivity index is 2.87. The summed E-state index contributed by atoms with van der Waals surface area (Å²) in [4.78, 5) is 3.85. The zero-order valence-electron chi connectivity index (χ0n) is 5.84. The van der Waals surface area contributed by atoms with Crippen LogP contribution in [0.3, 0.4) is 0 Å². The Morgan fingerprint density at radius 3 is 3.18 bits per heavy atom. The van der Waals surface area contributed by atoms with Crippen LogP contribution in [0.1, 0.15) is 5.69 Å². The van der Waals surface area contributed by atoms with Gasteiger partial charge in [0.25, 0.3) is 0 Å². The Bertz CT molecular complexity index is 396. The number of halogens is 1. The highest BCUT2D eigenvalue weighted by molar-refractivity contribution is 6.30. The third-order valence-corrected chi connectivity index (χ3v) is 1.71. The van der Waals surface area contributed by atoms with E-state index in [9.17, 15) is 0 Å². The molecular formula is C7H5ClN2O. The fourth-order valence-electron chi connectivity index (χ4n) is 0.940. The van der Waals surface area contributed by atoms with Gasteiger partial charge in [-0.1, -0.05) is 16.8 Å². The molecule has 0 aliphatic rings. The number of aryl methyl sites for hydroxylation is 1. The zero-order chi connectivity index (χ0) is 7.84. The molecule has 2 aromatic rings. The SMILES string of the molecule is Cc1noc2cnc(Cl)cc12. The van der Waals surface area contributed by atoms with Crippen molar-refractivity contribution in [3.8, 4) is 0 Å². The van der Waals surface area contributed by atoms with E-state index in [1.54, 1.807) is 12.3 Å². The lowest BCUT2D eigenvalue weighted by Crippen LogP contribution is -1.73. The second-order valence-corrected chi connectivity index (χ2v) is 2.66. The first-order valence-corrected chi connectivity index (χ1v) is 3.53. The molecule has 0 spiro atoms. The van der Waals surface area contributed by atoms with Crippen LogP contribution >= 0.6 is 11.6 Å². The zero-order valence-corrected chi connectivity index (χ0v) is 6.59. The van der Waals surface area contributed by atoms with Crippen molar-refractivity contribution >= 4 is 22.6 Å². The average Bonchev–Trinajstić information content (AvgIpc) is 2.33. The minimum atomic E-state index is 0.462. The van der Waals surface area contributed by atoms with Crippen molar-refractivity contribution in [1.82, 2.24) is 10.1 Å². The van der Waals surface area contributed by atoms with Crippen molar-refractivity contribution in [2.45, 2.75) is 6.92 Å². The Kier molecular flexibility index (Phi) is 1.32. The molecule has 0 atom stereocenters. The van der Waals surface area contributed by atoms with Gasteiger partial charge in [-0.15, -0.1) is 0 Å². The Morgan fingerprint density at radius 2 is 2.36 bits per heavy atom. The molecule has 0 amide bonds. The summed E-state index contributed by atoms with van der Waals surface area (Å²) in [7, 11) is 0. The highest BCUT2D eigenvalue weighted by atomic mass is 35.5. The summed E-state index contributed by atoms with van der Waals surface area (Å²) in [5, 5.41) is 5.15. The summed E-state index contributed by atoms with van der Waals surface area (Å²) < 4.78 is 4.93. The van der Waals surface area contributed by atoms with Gasteiger partial charge in [-0.25, -0.2) is 4.98 Å². The monoisotopic (exact) mass is 168 g/mol. The van der Waals surface area contributed by atoms with Crippen molar-refractivity contribution in [1.29, 1.82) is 0 Å². The number of pyridine rings is 1. The normalized spacial score (nSPS) is 10.7. The number of hydrogen-bond donors (Lipinski definition) is 0. The van der Waals surface area contributed by atoms with E-state index in [1.165, 1.54) is 0 Å². The molecule has 0 bridgehead atoms. The van der Waals surface area contributed by atoms with Gasteiger partial charge in [-0.3, -0.25) is 0 Å². The summed E-state index contributed by atoms with van der Waals surface area (Å²) in [6.45, 7) is 1.86. The van der Waals surface area contributed by atoms with E-state index in [4.69, 9.17) is 16.1 Å². The van der Waals surface area contributed by atoms with Crippen LogP contribution in [0.4, 0.5) is 0 Å². The maximum Gasteiger partial charge on any atom is 0.185 e. The van der Waals surface area contributed by atoms with Crippen LogP contribution in [0.5, 0.6) is 0 Å². The van der Waals surface area contributed by atoms with Crippen LogP contribution in [0, 0.1) is 6.92 Å². The van der Waals surface area contributed by atoms with Gasteiger partial charge in [0.2, 0.25) is 0 Å². The lowest BCUT2D eigenvalue weighted by Gasteiger charge is -1.86. The Morgan fingerprint density at radius 1 is 1.55 bits per heavy atom. The van der Waals surface area contributed by atoms with Crippen molar-refractivity contribution in [3.05, 3.63) is 23.1 Å². The number of aromatic nitrogens is 2. The molecular weight excluding hydrogens is 164 g/mol. The van der Waals surface area contributed by atoms with Gasteiger partial charge in [0.05, 0.1) is 11.9 Å². The smallest absolute Gasteiger partial charge is 0.185 e. The van der Waals surface area contributed by atoms with Crippen molar-refractivity contribution in [3.63, 3.8) is 0 Å². The maximum atomic E-state index is 5.67. The van der Waals surface area contributed by atoms with Gasteiger partial charge < -0.3 is 4.52 Å². The molecule has 11 heavy (non-hydrogen) atoms. The van der Waals surface area contributed by atoms with Crippen LogP contribution in [0.25, 0.3) is 11.0 Å². The highest BCUT2D eigenvalue weighted by Crippen LogP contribution is 2.19. The molecule has 0 fully saturated rings. The molecule has 0 saturated carbocycles. The molecule has 0 N–H and O–H groups in total. The third kappa shape index (κ3) is 0.973. The molecule has 56 valence electrons. The third-order valence-electron chi connectivity index (χ3n) is 1.50. The number of nitrogens with zero attached hydrogens (tertiary/aromatic N) is 2. The Hall–Kier alpha value is -1.09. The first kappa shape index (κ1) is 6.61. The maximum absolute atomic E-state index is 5.67. The van der Waals surface area contributed by atoms with Gasteiger partial charge >= 0.3 is 0 Å². The van der Waals surface area contributed by atoms with E-state index in [0.717, 1.165) is 11.1 Å². The number of hydrogen-bond acceptors (Lipinski definition) is 3. The second-order valence-electron chi connectivity index (χ2n) is 2.27. The molecule has 2 rings (SSSR count). The molecule has 0 aliphatic carbocycles. The fourth-order valence-corrected chi connectivity index (χ4v) is 1.10. The summed E-state index contributed by atoms with van der Waals surface area (Å²) in [6, 6.07) is 1.74. The molecule has 0 unspecified atom stereocenters. The summed E-state index contributed by atoms with van der Waals surface area (Å²) in [5.74, 6) is 0. The topological polar surface area (TPSA) is 38.9 Å².